The second-order valence-electron chi connectivity index (χ2n) is 6.56. The summed E-state index contributed by atoms with van der Waals surface area (Å²) < 4.78 is 16.4. The maximum atomic E-state index is 14.9. The lowest BCUT2D eigenvalue weighted by Crippen LogP contribution is -2.22. The first-order valence-electron chi connectivity index (χ1n) is 7.19. The second-order valence-corrected chi connectivity index (χ2v) is 6.56. The number of rotatable bonds is 4. The Morgan fingerprint density at radius 3 is 2.30 bits per heavy atom. The van der Waals surface area contributed by atoms with Crippen LogP contribution >= 0.6 is 0 Å². The van der Waals surface area contributed by atoms with E-state index in [-0.39, 0.29) is 12.1 Å². The molecule has 6 heteroatoms. The first-order valence-corrected chi connectivity index (χ1v) is 7.19. The summed E-state index contributed by atoms with van der Waals surface area (Å²) in [5, 5.41) is 22.7. The summed E-state index contributed by atoms with van der Waals surface area (Å²) in [5.74, 6) is -0.440. The van der Waals surface area contributed by atoms with Crippen molar-refractivity contribution in [1.29, 1.82) is 10.5 Å². The summed E-state index contributed by atoms with van der Waals surface area (Å²) in [4.78, 5) is 3.85. The lowest BCUT2D eigenvalue weighted by molar-refractivity contribution is 0.534. The molecule has 0 saturated carbocycles. The quantitative estimate of drug-likeness (QED) is 0.869. The van der Waals surface area contributed by atoms with Gasteiger partial charge in [-0.25, -0.2) is 14.1 Å². The third kappa shape index (κ3) is 3.22. The van der Waals surface area contributed by atoms with Crippen LogP contribution in [0.1, 0.15) is 44.4 Å². The van der Waals surface area contributed by atoms with Crippen molar-refractivity contribution in [1.82, 2.24) is 14.8 Å². The predicted octanol–water partition coefficient (Wildman–Crippen LogP) is 3.07. The molecule has 0 radical (unpaired) electrons. The van der Waals surface area contributed by atoms with Gasteiger partial charge in [-0.3, -0.25) is 0 Å². The molecule has 2 rings (SSSR count). The van der Waals surface area contributed by atoms with Crippen LogP contribution in [-0.4, -0.2) is 14.8 Å². The van der Waals surface area contributed by atoms with Gasteiger partial charge in [0.2, 0.25) is 0 Å². The molecule has 0 aliphatic carbocycles. The van der Waals surface area contributed by atoms with Gasteiger partial charge in [-0.2, -0.15) is 15.6 Å². The molecule has 0 aliphatic heterocycles. The van der Waals surface area contributed by atoms with Gasteiger partial charge in [0, 0.05) is 11.1 Å². The first-order chi connectivity index (χ1) is 10.7. The van der Waals surface area contributed by atoms with E-state index >= 15 is 0 Å². The molecule has 0 N–H and O–H groups in total. The Balaban J connectivity index is 2.66. The number of halogens is 1. The maximum absolute atomic E-state index is 14.9. The van der Waals surface area contributed by atoms with Crippen LogP contribution < -0.4 is 0 Å². The topological polar surface area (TPSA) is 78.3 Å². The molecule has 0 amide bonds. The van der Waals surface area contributed by atoms with Crippen molar-refractivity contribution >= 4 is 0 Å². The van der Waals surface area contributed by atoms with Crippen molar-refractivity contribution in [3.8, 4) is 12.1 Å². The first kappa shape index (κ1) is 16.6. The number of nitrogens with zero attached hydrogens (tertiary/aromatic N) is 5. The molecule has 2 aromatic rings. The maximum Gasteiger partial charge on any atom is 0.137 e. The highest BCUT2D eigenvalue weighted by Gasteiger charge is 2.30. The highest BCUT2D eigenvalue weighted by Crippen LogP contribution is 2.33. The van der Waals surface area contributed by atoms with Crippen molar-refractivity contribution in [2.75, 3.05) is 0 Å². The fourth-order valence-electron chi connectivity index (χ4n) is 2.23. The van der Waals surface area contributed by atoms with Gasteiger partial charge in [-0.05, 0) is 45.4 Å². The number of hydrogen-bond donors (Lipinski definition) is 0. The number of benzene rings is 1. The third-order valence-corrected chi connectivity index (χ3v) is 3.90. The van der Waals surface area contributed by atoms with Crippen molar-refractivity contribution in [3.05, 3.63) is 47.3 Å². The standard InChI is InChI=1S/C17H18FN5/c1-16(2,8-19)13-5-12(7-23-11-21-10-22-23)15(18)14(6-13)17(3,4)9-20/h5-6,10-11H,7H2,1-4H3/i18-1. The lowest BCUT2D eigenvalue weighted by Gasteiger charge is -2.24. The summed E-state index contributed by atoms with van der Waals surface area (Å²) in [6.45, 7) is 7.04. The third-order valence-electron chi connectivity index (χ3n) is 3.90. The molecule has 0 aliphatic rings. The van der Waals surface area contributed by atoms with Crippen molar-refractivity contribution in [2.45, 2.75) is 45.1 Å². The molecule has 0 atom stereocenters. The SMILES string of the molecule is CC(C)(C#N)c1cc(Cn2cncn2)c([18F])c(C(C)(C)C#N)c1. The monoisotopic (exact) mass is 310 g/mol. The Morgan fingerprint density at radius 2 is 1.78 bits per heavy atom. The Bertz CT molecular complexity index is 792. The van der Waals surface area contributed by atoms with E-state index in [1.165, 1.54) is 17.3 Å². The highest BCUT2D eigenvalue weighted by molar-refractivity contribution is 5.43. The molecule has 0 unspecified atom stereocenters. The van der Waals surface area contributed by atoms with Crippen LogP contribution in [0.15, 0.2) is 24.8 Å². The Labute approximate surface area is 135 Å². The van der Waals surface area contributed by atoms with Crippen LogP contribution in [-0.2, 0) is 17.4 Å². The summed E-state index contributed by atoms with van der Waals surface area (Å²) in [7, 11) is 0. The molecule has 1 heterocycles. The van der Waals surface area contributed by atoms with Gasteiger partial charge in [0.25, 0.3) is 0 Å². The largest absolute Gasteiger partial charge is 0.248 e. The molecule has 0 fully saturated rings. The normalized spacial score (nSPS) is 11.8. The minimum absolute atomic E-state index is 0.190. The zero-order valence-corrected chi connectivity index (χ0v) is 13.6. The Morgan fingerprint density at radius 1 is 1.13 bits per heavy atom. The zero-order valence-electron chi connectivity index (χ0n) is 13.6. The van der Waals surface area contributed by atoms with E-state index in [9.17, 15) is 14.9 Å². The molecule has 1 aromatic heterocycles. The predicted molar refractivity (Wildman–Crippen MR) is 82.8 cm³/mol. The van der Waals surface area contributed by atoms with Gasteiger partial charge in [0.1, 0.15) is 18.5 Å². The van der Waals surface area contributed by atoms with Gasteiger partial charge < -0.3 is 0 Å². The molecule has 0 spiro atoms. The number of hydrogen-bond acceptors (Lipinski definition) is 4. The molecular formula is C17H18FN5. The molecule has 118 valence electrons. The average Bonchev–Trinajstić information content (AvgIpc) is 3.01. The van der Waals surface area contributed by atoms with Crippen LogP contribution in [0, 0.1) is 28.5 Å². The van der Waals surface area contributed by atoms with Gasteiger partial charge in [-0.1, -0.05) is 0 Å². The van der Waals surface area contributed by atoms with Crippen LogP contribution in [0.25, 0.3) is 0 Å². The Hall–Kier alpha value is -2.73. The average molecular weight is 310 g/mol. The minimum Gasteiger partial charge on any atom is -0.248 e. The van der Waals surface area contributed by atoms with E-state index < -0.39 is 16.6 Å². The van der Waals surface area contributed by atoms with Gasteiger partial charge in [0.05, 0.1) is 29.5 Å². The van der Waals surface area contributed by atoms with E-state index in [1.807, 2.05) is 0 Å². The van der Waals surface area contributed by atoms with Crippen molar-refractivity contribution < 1.29 is 4.39 Å². The van der Waals surface area contributed by atoms with Gasteiger partial charge in [0.15, 0.2) is 0 Å². The van der Waals surface area contributed by atoms with Crippen LogP contribution in [0.3, 0.4) is 0 Å². The fraction of sp³-hybridized carbons (Fsp3) is 0.412. The summed E-state index contributed by atoms with van der Waals surface area (Å²) in [6, 6.07) is 7.62. The molecule has 1 aromatic carbocycles. The van der Waals surface area contributed by atoms with Crippen LogP contribution in [0.4, 0.5) is 4.39 Å². The number of nitriles is 2. The molecule has 0 bridgehead atoms. The zero-order chi connectivity index (χ0) is 17.3. The van der Waals surface area contributed by atoms with Gasteiger partial charge >= 0.3 is 0 Å². The molecule has 23 heavy (non-hydrogen) atoms. The van der Waals surface area contributed by atoms with E-state index in [1.54, 1.807) is 39.8 Å². The van der Waals surface area contributed by atoms with Crippen molar-refractivity contribution in [2.24, 2.45) is 0 Å². The van der Waals surface area contributed by atoms with E-state index in [4.69, 9.17) is 0 Å². The minimum atomic E-state index is -0.997. The smallest absolute Gasteiger partial charge is 0.137 e. The van der Waals surface area contributed by atoms with Crippen LogP contribution in [0.2, 0.25) is 0 Å². The van der Waals surface area contributed by atoms with E-state index in [0.29, 0.717) is 11.1 Å². The Kier molecular flexibility index (Phi) is 4.20. The number of aromatic nitrogens is 3. The molecule has 0 saturated heterocycles. The second kappa shape index (κ2) is 5.81. The van der Waals surface area contributed by atoms with Crippen LogP contribution in [0.5, 0.6) is 0 Å². The highest BCUT2D eigenvalue weighted by atomic mass is 18.2. The van der Waals surface area contributed by atoms with Crippen molar-refractivity contribution in [3.63, 3.8) is 0 Å². The molecule has 5 nitrogen and oxygen atoms in total. The summed E-state index contributed by atoms with van der Waals surface area (Å²) >= 11 is 0. The van der Waals surface area contributed by atoms with E-state index in [2.05, 4.69) is 22.2 Å². The lowest BCUT2D eigenvalue weighted by atomic mass is 9.78. The summed E-state index contributed by atoms with van der Waals surface area (Å²) in [6.07, 6.45) is 2.87. The fourth-order valence-corrected chi connectivity index (χ4v) is 2.23. The summed E-state index contributed by atoms with van der Waals surface area (Å²) in [5.41, 5.74) is -0.436. The van der Waals surface area contributed by atoms with E-state index in [0.717, 1.165) is 0 Å². The van der Waals surface area contributed by atoms with Gasteiger partial charge in [-0.15, -0.1) is 0 Å². The molecular weight excluding hydrogens is 292 g/mol.